The summed E-state index contributed by atoms with van der Waals surface area (Å²) in [6.07, 6.45) is 3.93. The van der Waals surface area contributed by atoms with E-state index in [0.717, 1.165) is 10.7 Å². The van der Waals surface area contributed by atoms with Crippen molar-refractivity contribution in [1.29, 1.82) is 0 Å². The van der Waals surface area contributed by atoms with Gasteiger partial charge in [-0.15, -0.1) is 11.3 Å². The van der Waals surface area contributed by atoms with Crippen LogP contribution in [0, 0.1) is 0 Å². The molecule has 0 atom stereocenters. The van der Waals surface area contributed by atoms with Gasteiger partial charge in [0, 0.05) is 29.2 Å². The Kier molecular flexibility index (Phi) is 5.08. The lowest BCUT2D eigenvalue weighted by Gasteiger charge is -2.08. The van der Waals surface area contributed by atoms with Crippen LogP contribution in [0.1, 0.15) is 5.69 Å². The Morgan fingerprint density at radius 2 is 2.03 bits per heavy atom. The van der Waals surface area contributed by atoms with Crippen LogP contribution in [0.25, 0.3) is 16.1 Å². The van der Waals surface area contributed by atoms with Crippen LogP contribution in [0.15, 0.2) is 74.8 Å². The number of thioether (sulfide) groups is 1. The van der Waals surface area contributed by atoms with Crippen molar-refractivity contribution >= 4 is 54.9 Å². The van der Waals surface area contributed by atoms with Gasteiger partial charge in [0.2, 0.25) is 0 Å². The summed E-state index contributed by atoms with van der Waals surface area (Å²) in [6, 6.07) is 11.3. The molecule has 0 amide bonds. The lowest BCUT2D eigenvalue weighted by Crippen LogP contribution is -2.12. The summed E-state index contributed by atoms with van der Waals surface area (Å²) in [4.78, 5) is 10.0. The number of aromatic nitrogens is 3. The predicted molar refractivity (Wildman–Crippen MR) is 120 cm³/mol. The van der Waals surface area contributed by atoms with Gasteiger partial charge in [0.25, 0.3) is 15.2 Å². The quantitative estimate of drug-likeness (QED) is 0.345. The third kappa shape index (κ3) is 4.11. The number of fused-ring (bicyclic) bond motifs is 2. The Labute approximate surface area is 185 Å². The van der Waals surface area contributed by atoms with Crippen molar-refractivity contribution in [3.05, 3.63) is 65.9 Å². The van der Waals surface area contributed by atoms with Gasteiger partial charge in [0.05, 0.1) is 17.7 Å². The van der Waals surface area contributed by atoms with Crippen LogP contribution in [0.2, 0.25) is 0 Å². The summed E-state index contributed by atoms with van der Waals surface area (Å²) < 4.78 is 40.9. The van der Waals surface area contributed by atoms with E-state index >= 15 is 0 Å². The molecule has 158 valence electrons. The number of methoxy groups -OCH3 is 1. The molecule has 0 bridgehead atoms. The fourth-order valence-corrected chi connectivity index (χ4v) is 5.49. The van der Waals surface area contributed by atoms with Crippen molar-refractivity contribution in [2.24, 2.45) is 0 Å². The van der Waals surface area contributed by atoms with Gasteiger partial charge >= 0.3 is 0 Å². The number of anilines is 1. The number of benzene rings is 2. The minimum atomic E-state index is -3.77. The first-order valence-corrected chi connectivity index (χ1v) is 12.5. The second-order valence-corrected chi connectivity index (χ2v) is 10.0. The fraction of sp³-hybridized carbons (Fsp3) is 0.100. The van der Waals surface area contributed by atoms with Gasteiger partial charge in [-0.25, -0.2) is 18.4 Å². The summed E-state index contributed by atoms with van der Waals surface area (Å²) >= 11 is 2.99. The maximum Gasteiger partial charge on any atom is 0.261 e. The average Bonchev–Trinajstić information content (AvgIpc) is 3.46. The molecule has 5 aromatic rings. The van der Waals surface area contributed by atoms with Crippen LogP contribution in [0.5, 0.6) is 5.75 Å². The van der Waals surface area contributed by atoms with E-state index in [1.807, 2.05) is 22.2 Å². The molecule has 0 spiro atoms. The SMILES string of the molecule is COc1ccc(NS(=O)(=O)c2ccc3oc(SCc4cn5ccsc5n4)nc3c2)cc1. The molecule has 11 heteroatoms. The van der Waals surface area contributed by atoms with E-state index in [1.54, 1.807) is 48.8 Å². The van der Waals surface area contributed by atoms with Crippen LogP contribution >= 0.6 is 23.1 Å². The molecule has 2 aromatic carbocycles. The number of sulfonamides is 1. The van der Waals surface area contributed by atoms with Crippen molar-refractivity contribution in [3.63, 3.8) is 0 Å². The number of nitrogens with one attached hydrogen (secondary N) is 1. The monoisotopic (exact) mass is 472 g/mol. The highest BCUT2D eigenvalue weighted by atomic mass is 32.2. The zero-order valence-electron chi connectivity index (χ0n) is 16.2. The number of hydrogen-bond donors (Lipinski definition) is 1. The molecule has 0 radical (unpaired) electrons. The third-order valence-electron chi connectivity index (χ3n) is 4.48. The number of imidazole rings is 1. The molecule has 0 aliphatic heterocycles. The predicted octanol–water partition coefficient (Wildman–Crippen LogP) is 4.64. The molecule has 8 nitrogen and oxygen atoms in total. The average molecular weight is 473 g/mol. The van der Waals surface area contributed by atoms with E-state index in [1.165, 1.54) is 23.9 Å². The van der Waals surface area contributed by atoms with Crippen molar-refractivity contribution < 1.29 is 17.6 Å². The minimum absolute atomic E-state index is 0.106. The standard InChI is InChI=1S/C20H16N4O4S3/c1-27-15-4-2-13(3-5-15)23-31(25,26)16-6-7-18-17(10-16)22-20(28-18)30-12-14-11-24-8-9-29-19(24)21-14/h2-11,23H,12H2,1H3. The molecular formula is C20H16N4O4S3. The van der Waals surface area contributed by atoms with Gasteiger partial charge in [0.1, 0.15) is 11.3 Å². The molecule has 5 rings (SSSR count). The zero-order chi connectivity index (χ0) is 21.4. The first kappa shape index (κ1) is 19.9. The smallest absolute Gasteiger partial charge is 0.261 e. The van der Waals surface area contributed by atoms with Crippen LogP contribution in [0.4, 0.5) is 5.69 Å². The molecule has 31 heavy (non-hydrogen) atoms. The lowest BCUT2D eigenvalue weighted by atomic mass is 10.3. The second kappa shape index (κ2) is 7.91. The number of oxazole rings is 1. The topological polar surface area (TPSA) is 98.7 Å². The van der Waals surface area contributed by atoms with Crippen molar-refractivity contribution in [2.45, 2.75) is 15.9 Å². The molecule has 0 saturated heterocycles. The van der Waals surface area contributed by atoms with Crippen LogP contribution < -0.4 is 9.46 Å². The van der Waals surface area contributed by atoms with E-state index in [-0.39, 0.29) is 4.90 Å². The molecular weight excluding hydrogens is 456 g/mol. The minimum Gasteiger partial charge on any atom is -0.497 e. The summed E-state index contributed by atoms with van der Waals surface area (Å²) in [6.45, 7) is 0. The number of hydrogen-bond acceptors (Lipinski definition) is 8. The number of thiazole rings is 1. The molecule has 1 N–H and O–H groups in total. The molecule has 0 aliphatic carbocycles. The number of ether oxygens (including phenoxy) is 1. The van der Waals surface area contributed by atoms with E-state index in [9.17, 15) is 8.42 Å². The van der Waals surface area contributed by atoms with Gasteiger partial charge in [-0.3, -0.25) is 9.12 Å². The summed E-state index contributed by atoms with van der Waals surface area (Å²) in [5.41, 5.74) is 2.37. The van der Waals surface area contributed by atoms with Gasteiger partial charge in [0.15, 0.2) is 10.5 Å². The first-order valence-electron chi connectivity index (χ1n) is 9.11. The Balaban J connectivity index is 1.33. The maximum absolute atomic E-state index is 12.8. The molecule has 0 fully saturated rings. The summed E-state index contributed by atoms with van der Waals surface area (Å²) in [5.74, 6) is 1.25. The van der Waals surface area contributed by atoms with Crippen molar-refractivity contribution in [1.82, 2.24) is 14.4 Å². The van der Waals surface area contributed by atoms with Crippen LogP contribution in [-0.2, 0) is 15.8 Å². The van der Waals surface area contributed by atoms with Crippen molar-refractivity contribution in [2.75, 3.05) is 11.8 Å². The van der Waals surface area contributed by atoms with Gasteiger partial charge in [-0.1, -0.05) is 11.8 Å². The van der Waals surface area contributed by atoms with E-state index in [2.05, 4.69) is 14.7 Å². The fourth-order valence-electron chi connectivity index (χ4n) is 2.97. The maximum atomic E-state index is 12.8. The molecule has 0 aliphatic rings. The third-order valence-corrected chi connectivity index (χ3v) is 7.49. The van der Waals surface area contributed by atoms with Gasteiger partial charge < -0.3 is 9.15 Å². The van der Waals surface area contributed by atoms with Gasteiger partial charge in [-0.2, -0.15) is 0 Å². The number of rotatable bonds is 7. The second-order valence-electron chi connectivity index (χ2n) is 6.56. The number of nitrogens with zero attached hydrogens (tertiary/aromatic N) is 3. The van der Waals surface area contributed by atoms with Crippen molar-refractivity contribution in [3.8, 4) is 5.75 Å². The lowest BCUT2D eigenvalue weighted by molar-refractivity contribution is 0.415. The van der Waals surface area contributed by atoms with Gasteiger partial charge in [-0.05, 0) is 42.5 Å². The Hall–Kier alpha value is -3.02. The Bertz CT molecular complexity index is 1440. The highest BCUT2D eigenvalue weighted by Gasteiger charge is 2.17. The first-order chi connectivity index (χ1) is 15.0. The summed E-state index contributed by atoms with van der Waals surface area (Å²) in [5, 5.41) is 2.44. The molecule has 3 aromatic heterocycles. The van der Waals surface area contributed by atoms with E-state index in [0.29, 0.717) is 33.5 Å². The summed E-state index contributed by atoms with van der Waals surface area (Å²) in [7, 11) is -2.22. The van der Waals surface area contributed by atoms with E-state index < -0.39 is 10.0 Å². The highest BCUT2D eigenvalue weighted by molar-refractivity contribution is 7.98. The van der Waals surface area contributed by atoms with E-state index in [4.69, 9.17) is 9.15 Å². The van der Waals surface area contributed by atoms with Crippen LogP contribution in [0.3, 0.4) is 0 Å². The molecule has 3 heterocycles. The van der Waals surface area contributed by atoms with Crippen LogP contribution in [-0.4, -0.2) is 29.9 Å². The largest absolute Gasteiger partial charge is 0.497 e. The highest BCUT2D eigenvalue weighted by Crippen LogP contribution is 2.28. The normalized spacial score (nSPS) is 11.9. The molecule has 0 unspecified atom stereocenters. The zero-order valence-corrected chi connectivity index (χ0v) is 18.6. The molecule has 0 saturated carbocycles. The Morgan fingerprint density at radius 3 is 2.81 bits per heavy atom. The Morgan fingerprint density at radius 1 is 1.19 bits per heavy atom.